The lowest BCUT2D eigenvalue weighted by molar-refractivity contribution is 0.0525. The fourth-order valence-corrected chi connectivity index (χ4v) is 2.55. The van der Waals surface area contributed by atoms with E-state index >= 15 is 0 Å². The van der Waals surface area contributed by atoms with E-state index in [0.717, 1.165) is 11.1 Å². The van der Waals surface area contributed by atoms with Crippen molar-refractivity contribution in [2.45, 2.75) is 13.8 Å². The number of esters is 2. The Balaban J connectivity index is 2.46. The molecule has 0 spiro atoms. The highest BCUT2D eigenvalue weighted by molar-refractivity contribution is 7.08. The van der Waals surface area contributed by atoms with Crippen molar-refractivity contribution in [3.8, 4) is 11.1 Å². The largest absolute Gasteiger partial charge is 0.462 e. The highest BCUT2D eigenvalue weighted by atomic mass is 32.1. The number of thiophene rings is 1. The Kier molecular flexibility index (Phi) is 5.11. The van der Waals surface area contributed by atoms with E-state index in [1.165, 1.54) is 6.07 Å². The molecular weight excluding hydrogens is 288 g/mol. The van der Waals surface area contributed by atoms with Crippen molar-refractivity contribution in [1.82, 2.24) is 0 Å². The van der Waals surface area contributed by atoms with Crippen molar-refractivity contribution >= 4 is 23.3 Å². The van der Waals surface area contributed by atoms with Gasteiger partial charge in [-0.25, -0.2) is 9.59 Å². The first-order valence-corrected chi connectivity index (χ1v) is 7.62. The van der Waals surface area contributed by atoms with E-state index in [2.05, 4.69) is 0 Å². The van der Waals surface area contributed by atoms with Gasteiger partial charge < -0.3 is 9.47 Å². The van der Waals surface area contributed by atoms with Crippen molar-refractivity contribution in [1.29, 1.82) is 0 Å². The van der Waals surface area contributed by atoms with Crippen LogP contribution >= 0.6 is 11.3 Å². The van der Waals surface area contributed by atoms with Gasteiger partial charge in [0.2, 0.25) is 0 Å². The number of hydrogen-bond donors (Lipinski definition) is 0. The number of rotatable bonds is 5. The molecule has 0 fully saturated rings. The van der Waals surface area contributed by atoms with Crippen LogP contribution in [0.2, 0.25) is 0 Å². The predicted molar refractivity (Wildman–Crippen MR) is 81.7 cm³/mol. The standard InChI is InChI=1S/C16H16O4S/c1-3-19-15(17)13-7-12(11-5-6-21-10-11)8-14(9-13)16(18)20-4-2/h5-10H,3-4H2,1-2H3. The minimum atomic E-state index is -0.444. The number of benzene rings is 1. The van der Waals surface area contributed by atoms with Crippen molar-refractivity contribution in [2.24, 2.45) is 0 Å². The van der Waals surface area contributed by atoms with Gasteiger partial charge in [-0.1, -0.05) is 0 Å². The summed E-state index contributed by atoms with van der Waals surface area (Å²) in [6.07, 6.45) is 0. The molecule has 5 heteroatoms. The number of hydrogen-bond acceptors (Lipinski definition) is 5. The van der Waals surface area contributed by atoms with Gasteiger partial charge in [0, 0.05) is 0 Å². The highest BCUT2D eigenvalue weighted by Gasteiger charge is 2.15. The van der Waals surface area contributed by atoms with Gasteiger partial charge in [-0.3, -0.25) is 0 Å². The molecule has 1 heterocycles. The highest BCUT2D eigenvalue weighted by Crippen LogP contribution is 2.25. The lowest BCUT2D eigenvalue weighted by Crippen LogP contribution is -2.09. The summed E-state index contributed by atoms with van der Waals surface area (Å²) in [5, 5.41) is 3.90. The van der Waals surface area contributed by atoms with Crippen molar-refractivity contribution < 1.29 is 19.1 Å². The first kappa shape index (κ1) is 15.3. The van der Waals surface area contributed by atoms with Crippen LogP contribution in [-0.4, -0.2) is 25.2 Å². The molecule has 0 N–H and O–H groups in total. The monoisotopic (exact) mass is 304 g/mol. The summed E-state index contributed by atoms with van der Waals surface area (Å²) in [6.45, 7) is 4.06. The smallest absolute Gasteiger partial charge is 0.338 e. The van der Waals surface area contributed by atoms with Crippen molar-refractivity contribution in [2.75, 3.05) is 13.2 Å². The summed E-state index contributed by atoms with van der Waals surface area (Å²) in [5.74, 6) is -0.889. The zero-order valence-electron chi connectivity index (χ0n) is 11.9. The van der Waals surface area contributed by atoms with Crippen LogP contribution in [0.25, 0.3) is 11.1 Å². The van der Waals surface area contributed by atoms with Crippen LogP contribution in [0.5, 0.6) is 0 Å². The molecule has 0 atom stereocenters. The molecule has 2 rings (SSSR count). The topological polar surface area (TPSA) is 52.6 Å². The lowest BCUT2D eigenvalue weighted by Gasteiger charge is -2.08. The van der Waals surface area contributed by atoms with Crippen LogP contribution in [0.15, 0.2) is 35.0 Å². The molecule has 110 valence electrons. The first-order chi connectivity index (χ1) is 10.2. The summed E-state index contributed by atoms with van der Waals surface area (Å²) in [7, 11) is 0. The molecule has 0 aliphatic carbocycles. The Morgan fingerprint density at radius 1 is 0.952 bits per heavy atom. The summed E-state index contributed by atoms with van der Waals surface area (Å²) in [4.78, 5) is 23.9. The second-order valence-corrected chi connectivity index (χ2v) is 5.03. The Morgan fingerprint density at radius 3 is 1.95 bits per heavy atom. The Hall–Kier alpha value is -2.14. The summed E-state index contributed by atoms with van der Waals surface area (Å²) >= 11 is 1.55. The van der Waals surface area contributed by atoms with Gasteiger partial charge in [0.15, 0.2) is 0 Å². The third-order valence-corrected chi connectivity index (χ3v) is 3.49. The maximum Gasteiger partial charge on any atom is 0.338 e. The quantitative estimate of drug-likeness (QED) is 0.789. The van der Waals surface area contributed by atoms with Gasteiger partial charge in [0.25, 0.3) is 0 Å². The zero-order valence-corrected chi connectivity index (χ0v) is 12.7. The molecule has 0 aliphatic rings. The molecule has 4 nitrogen and oxygen atoms in total. The van der Waals surface area contributed by atoms with Gasteiger partial charge in [-0.15, -0.1) is 0 Å². The Bertz CT molecular complexity index is 595. The summed E-state index contributed by atoms with van der Waals surface area (Å²) in [5.41, 5.74) is 2.45. The fourth-order valence-electron chi connectivity index (χ4n) is 1.89. The molecule has 0 bridgehead atoms. The van der Waals surface area contributed by atoms with Crippen LogP contribution in [0, 0.1) is 0 Å². The summed E-state index contributed by atoms with van der Waals surface area (Å²) < 4.78 is 10.0. The molecule has 2 aromatic rings. The van der Waals surface area contributed by atoms with Crippen LogP contribution in [0.4, 0.5) is 0 Å². The van der Waals surface area contributed by atoms with Crippen LogP contribution in [-0.2, 0) is 9.47 Å². The molecular formula is C16H16O4S. The Labute approximate surface area is 127 Å². The van der Waals surface area contributed by atoms with E-state index in [0.29, 0.717) is 11.1 Å². The average molecular weight is 304 g/mol. The second kappa shape index (κ2) is 7.04. The van der Waals surface area contributed by atoms with Gasteiger partial charge in [-0.2, -0.15) is 11.3 Å². The molecule has 0 unspecified atom stereocenters. The molecule has 21 heavy (non-hydrogen) atoms. The third kappa shape index (κ3) is 3.70. The SMILES string of the molecule is CCOC(=O)c1cc(C(=O)OCC)cc(-c2ccsc2)c1. The van der Waals surface area contributed by atoms with Crippen LogP contribution in [0.3, 0.4) is 0 Å². The maximum absolute atomic E-state index is 11.9. The molecule has 1 aromatic carbocycles. The third-order valence-electron chi connectivity index (χ3n) is 2.81. The van der Waals surface area contributed by atoms with Crippen molar-refractivity contribution in [3.63, 3.8) is 0 Å². The average Bonchev–Trinajstić information content (AvgIpc) is 3.01. The molecule has 0 amide bonds. The van der Waals surface area contributed by atoms with Crippen LogP contribution < -0.4 is 0 Å². The van der Waals surface area contributed by atoms with E-state index in [-0.39, 0.29) is 13.2 Å². The van der Waals surface area contributed by atoms with Gasteiger partial charge >= 0.3 is 11.9 Å². The normalized spacial score (nSPS) is 10.2. The van der Waals surface area contributed by atoms with Crippen molar-refractivity contribution in [3.05, 3.63) is 46.2 Å². The molecule has 0 saturated heterocycles. The number of carbonyl (C=O) groups excluding carboxylic acids is 2. The molecule has 0 aliphatic heterocycles. The van der Waals surface area contributed by atoms with E-state index in [1.54, 1.807) is 37.3 Å². The van der Waals surface area contributed by atoms with Gasteiger partial charge in [0.1, 0.15) is 0 Å². The maximum atomic E-state index is 11.9. The van der Waals surface area contributed by atoms with E-state index in [4.69, 9.17) is 9.47 Å². The van der Waals surface area contributed by atoms with Gasteiger partial charge in [0.05, 0.1) is 24.3 Å². The van der Waals surface area contributed by atoms with E-state index in [9.17, 15) is 9.59 Å². The first-order valence-electron chi connectivity index (χ1n) is 6.67. The molecule has 1 aromatic heterocycles. The number of ether oxygens (including phenoxy) is 2. The molecule has 0 radical (unpaired) electrons. The van der Waals surface area contributed by atoms with E-state index < -0.39 is 11.9 Å². The van der Waals surface area contributed by atoms with Crippen LogP contribution in [0.1, 0.15) is 34.6 Å². The zero-order chi connectivity index (χ0) is 15.2. The molecule has 0 saturated carbocycles. The predicted octanol–water partition coefficient (Wildman–Crippen LogP) is 3.77. The fraction of sp³-hybridized carbons (Fsp3) is 0.250. The minimum Gasteiger partial charge on any atom is -0.462 e. The second-order valence-electron chi connectivity index (χ2n) is 4.25. The van der Waals surface area contributed by atoms with E-state index in [1.807, 2.05) is 16.8 Å². The van der Waals surface area contributed by atoms with Gasteiger partial charge in [-0.05, 0) is 60.0 Å². The Morgan fingerprint density at radius 2 is 1.52 bits per heavy atom. The number of carbonyl (C=O) groups is 2. The lowest BCUT2D eigenvalue weighted by atomic mass is 10.0. The minimum absolute atomic E-state index is 0.288. The summed E-state index contributed by atoms with van der Waals surface area (Å²) in [6, 6.07) is 6.89.